The molecule has 0 radical (unpaired) electrons. The minimum atomic E-state index is -0.533. The second-order valence-electron chi connectivity index (χ2n) is 8.45. The molecule has 9 heteroatoms. The molecular weight excluding hydrogens is 476 g/mol. The lowest BCUT2D eigenvalue weighted by Gasteiger charge is -2.15. The molecule has 1 amide bonds. The Morgan fingerprint density at radius 2 is 1.86 bits per heavy atom. The first-order valence-corrected chi connectivity index (χ1v) is 12.0. The lowest BCUT2D eigenvalue weighted by molar-refractivity contribution is -0.121. The van der Waals surface area contributed by atoms with Gasteiger partial charge in [0.2, 0.25) is 5.91 Å². The fourth-order valence-electron chi connectivity index (χ4n) is 4.27. The lowest BCUT2D eigenvalue weighted by Crippen LogP contribution is -2.25. The van der Waals surface area contributed by atoms with Crippen molar-refractivity contribution in [3.63, 3.8) is 0 Å². The Kier molecular flexibility index (Phi) is 6.43. The fourth-order valence-corrected chi connectivity index (χ4v) is 4.40. The summed E-state index contributed by atoms with van der Waals surface area (Å²) in [7, 11) is 0. The van der Waals surface area contributed by atoms with Crippen LogP contribution < -0.4 is 15.8 Å². The van der Waals surface area contributed by atoms with Crippen molar-refractivity contribution >= 4 is 28.9 Å². The van der Waals surface area contributed by atoms with Crippen molar-refractivity contribution in [1.29, 1.82) is 0 Å². The molecule has 0 saturated heterocycles. The molecule has 182 valence electrons. The first-order valence-electron chi connectivity index (χ1n) is 11.6. The number of nitrogen functional groups attached to an aromatic ring is 1. The second-order valence-corrected chi connectivity index (χ2v) is 8.89. The van der Waals surface area contributed by atoms with Crippen LogP contribution in [0.1, 0.15) is 42.2 Å². The average molecular weight is 501 g/mol. The van der Waals surface area contributed by atoms with Crippen LogP contribution in [0.25, 0.3) is 5.69 Å². The number of benzene rings is 3. The van der Waals surface area contributed by atoms with Crippen LogP contribution in [-0.2, 0) is 4.79 Å². The zero-order chi connectivity index (χ0) is 25.2. The number of rotatable bonds is 6. The molecule has 1 aromatic heterocycles. The minimum Gasteiger partial charge on any atom is -0.457 e. The Balaban J connectivity index is 1.68. The SMILES string of the molecule is CCNC(=O)C[C@@H]1N=C(c2ccc(Cl)cc2)c2cc(Oc3cccc(N)c3)ccc2-n2c(C)nnc21. The Morgan fingerprint density at radius 3 is 2.61 bits per heavy atom. The lowest BCUT2D eigenvalue weighted by atomic mass is 10.00. The number of fused-ring (bicyclic) bond motifs is 3. The predicted molar refractivity (Wildman–Crippen MR) is 140 cm³/mol. The molecule has 0 fully saturated rings. The molecule has 1 aliphatic heterocycles. The molecular formula is C27H25ClN6O2. The molecule has 2 heterocycles. The maximum atomic E-state index is 12.6. The Bertz CT molecular complexity index is 1460. The molecule has 36 heavy (non-hydrogen) atoms. The number of anilines is 1. The number of aryl methyl sites for hydroxylation is 1. The molecule has 8 nitrogen and oxygen atoms in total. The summed E-state index contributed by atoms with van der Waals surface area (Å²) in [6.45, 7) is 4.31. The van der Waals surface area contributed by atoms with E-state index in [-0.39, 0.29) is 12.3 Å². The fraction of sp³-hybridized carbons (Fsp3) is 0.185. The topological polar surface area (TPSA) is 107 Å². The van der Waals surface area contributed by atoms with E-state index in [1.54, 1.807) is 12.1 Å². The van der Waals surface area contributed by atoms with Crippen LogP contribution in [0.4, 0.5) is 5.69 Å². The van der Waals surface area contributed by atoms with Gasteiger partial charge >= 0.3 is 0 Å². The molecule has 0 aliphatic carbocycles. The van der Waals surface area contributed by atoms with Crippen molar-refractivity contribution in [3.05, 3.63) is 94.5 Å². The summed E-state index contributed by atoms with van der Waals surface area (Å²) in [5, 5.41) is 12.2. The first-order chi connectivity index (χ1) is 17.4. The number of aliphatic imine (C=N–C) groups is 1. The van der Waals surface area contributed by atoms with Gasteiger partial charge in [0.1, 0.15) is 23.4 Å². The number of nitrogens with one attached hydrogen (secondary N) is 1. The van der Waals surface area contributed by atoms with E-state index in [9.17, 15) is 4.79 Å². The van der Waals surface area contributed by atoms with E-state index in [0.717, 1.165) is 16.8 Å². The van der Waals surface area contributed by atoms with Gasteiger partial charge in [0.15, 0.2) is 5.82 Å². The maximum Gasteiger partial charge on any atom is 0.222 e. The molecule has 3 N–H and O–H groups in total. The van der Waals surface area contributed by atoms with E-state index < -0.39 is 6.04 Å². The summed E-state index contributed by atoms with van der Waals surface area (Å²) in [4.78, 5) is 17.7. The van der Waals surface area contributed by atoms with Gasteiger partial charge in [0, 0.05) is 34.4 Å². The number of hydrogen-bond donors (Lipinski definition) is 2. The normalized spacial score (nSPS) is 14.3. The zero-order valence-electron chi connectivity index (χ0n) is 19.9. The van der Waals surface area contributed by atoms with Gasteiger partial charge < -0.3 is 15.8 Å². The Hall–Kier alpha value is -4.17. The molecule has 3 aromatic carbocycles. The van der Waals surface area contributed by atoms with Gasteiger partial charge in [-0.2, -0.15) is 0 Å². The summed E-state index contributed by atoms with van der Waals surface area (Å²) < 4.78 is 8.09. The number of hydrogen-bond acceptors (Lipinski definition) is 6. The van der Waals surface area contributed by atoms with Crippen LogP contribution in [-0.4, -0.2) is 32.9 Å². The summed E-state index contributed by atoms with van der Waals surface area (Å²) in [5.41, 5.74) is 9.78. The van der Waals surface area contributed by atoms with Gasteiger partial charge in [-0.3, -0.25) is 14.4 Å². The van der Waals surface area contributed by atoms with E-state index in [0.29, 0.717) is 46.1 Å². The van der Waals surface area contributed by atoms with Crippen LogP contribution >= 0.6 is 11.6 Å². The van der Waals surface area contributed by atoms with Crippen molar-refractivity contribution in [2.24, 2.45) is 4.99 Å². The molecule has 1 atom stereocenters. The van der Waals surface area contributed by atoms with Crippen molar-refractivity contribution in [3.8, 4) is 17.2 Å². The molecule has 0 unspecified atom stereocenters. The quantitative estimate of drug-likeness (QED) is 0.361. The maximum absolute atomic E-state index is 12.6. The van der Waals surface area contributed by atoms with Gasteiger partial charge in [0.05, 0.1) is 17.8 Å². The van der Waals surface area contributed by atoms with Crippen molar-refractivity contribution in [2.45, 2.75) is 26.3 Å². The predicted octanol–water partition coefficient (Wildman–Crippen LogP) is 5.02. The molecule has 0 saturated carbocycles. The van der Waals surface area contributed by atoms with Crippen LogP contribution in [0, 0.1) is 6.92 Å². The summed E-state index contributed by atoms with van der Waals surface area (Å²) in [5.74, 6) is 2.45. The van der Waals surface area contributed by atoms with E-state index in [1.807, 2.05) is 73.0 Å². The number of nitrogens with two attached hydrogens (primary N) is 1. The van der Waals surface area contributed by atoms with E-state index in [4.69, 9.17) is 27.1 Å². The number of aromatic nitrogens is 3. The molecule has 0 bridgehead atoms. The highest BCUT2D eigenvalue weighted by molar-refractivity contribution is 6.30. The zero-order valence-corrected chi connectivity index (χ0v) is 20.7. The molecule has 0 spiro atoms. The highest BCUT2D eigenvalue weighted by atomic mass is 35.5. The first kappa shape index (κ1) is 23.6. The largest absolute Gasteiger partial charge is 0.457 e. The van der Waals surface area contributed by atoms with Gasteiger partial charge in [-0.05, 0) is 56.3 Å². The van der Waals surface area contributed by atoms with Crippen molar-refractivity contribution in [1.82, 2.24) is 20.1 Å². The molecule has 1 aliphatic rings. The third-order valence-corrected chi connectivity index (χ3v) is 6.11. The number of nitrogens with zero attached hydrogens (tertiary/aromatic N) is 4. The standard InChI is InChI=1S/C27H25ClN6O2/c1-3-30-25(35)15-23-27-33-32-16(2)34(27)24-12-11-21(36-20-6-4-5-19(29)13-20)14-22(24)26(31-23)17-7-9-18(28)10-8-17/h4-14,23H,3,15,29H2,1-2H3,(H,30,35)/t23-/m0/s1. The highest BCUT2D eigenvalue weighted by Gasteiger charge is 2.30. The minimum absolute atomic E-state index is 0.106. The Labute approximate surface area is 213 Å². The van der Waals surface area contributed by atoms with Crippen LogP contribution in [0.15, 0.2) is 71.7 Å². The summed E-state index contributed by atoms with van der Waals surface area (Å²) in [6, 6.07) is 20.0. The third kappa shape index (κ3) is 4.67. The van der Waals surface area contributed by atoms with Gasteiger partial charge in [0.25, 0.3) is 0 Å². The third-order valence-electron chi connectivity index (χ3n) is 5.86. The van der Waals surface area contributed by atoms with Gasteiger partial charge in [-0.1, -0.05) is 29.8 Å². The van der Waals surface area contributed by atoms with Crippen molar-refractivity contribution in [2.75, 3.05) is 12.3 Å². The van der Waals surface area contributed by atoms with Crippen LogP contribution in [0.5, 0.6) is 11.5 Å². The van der Waals surface area contributed by atoms with E-state index in [2.05, 4.69) is 15.5 Å². The monoisotopic (exact) mass is 500 g/mol. The van der Waals surface area contributed by atoms with Crippen LogP contribution in [0.2, 0.25) is 5.02 Å². The number of carbonyl (C=O) groups is 1. The number of amides is 1. The number of carbonyl (C=O) groups excluding carboxylic acids is 1. The second kappa shape index (κ2) is 9.83. The Morgan fingerprint density at radius 1 is 1.08 bits per heavy atom. The summed E-state index contributed by atoms with van der Waals surface area (Å²) >= 11 is 6.17. The number of halogens is 1. The van der Waals surface area contributed by atoms with E-state index >= 15 is 0 Å². The van der Waals surface area contributed by atoms with Crippen LogP contribution in [0.3, 0.4) is 0 Å². The summed E-state index contributed by atoms with van der Waals surface area (Å²) in [6.07, 6.45) is 0.143. The van der Waals surface area contributed by atoms with Gasteiger partial charge in [-0.25, -0.2) is 0 Å². The highest BCUT2D eigenvalue weighted by Crippen LogP contribution is 2.35. The average Bonchev–Trinajstić information content (AvgIpc) is 3.17. The molecule has 4 aromatic rings. The number of ether oxygens (including phenoxy) is 1. The smallest absolute Gasteiger partial charge is 0.222 e. The van der Waals surface area contributed by atoms with Crippen molar-refractivity contribution < 1.29 is 9.53 Å². The van der Waals surface area contributed by atoms with Gasteiger partial charge in [-0.15, -0.1) is 10.2 Å². The molecule has 5 rings (SSSR count). The van der Waals surface area contributed by atoms with E-state index in [1.165, 1.54) is 0 Å².